The molecule has 1 aliphatic heterocycles. The van der Waals surface area contributed by atoms with Gasteiger partial charge in [-0.15, -0.1) is 0 Å². The average molecular weight is 428 g/mol. The van der Waals surface area contributed by atoms with Crippen molar-refractivity contribution in [3.8, 4) is 17.2 Å². The number of ether oxygens (including phenoxy) is 3. The van der Waals surface area contributed by atoms with Gasteiger partial charge >= 0.3 is 0 Å². The molecule has 0 aliphatic carbocycles. The van der Waals surface area contributed by atoms with Crippen LogP contribution in [0.2, 0.25) is 0 Å². The van der Waals surface area contributed by atoms with Crippen LogP contribution in [-0.2, 0) is 17.9 Å². The summed E-state index contributed by atoms with van der Waals surface area (Å²) >= 11 is 0. The standard InChI is InChI=1S/C24H33N3O4/c1-25(17-20-7-5-6-8-21(20)29-2)24(28)18-27-13-11-26(12-14-27)16-19-9-10-22(30-3)23(15-19)31-4/h5-10,15H,11-14,16-18H2,1-4H3. The lowest BCUT2D eigenvalue weighted by Crippen LogP contribution is -2.49. The lowest BCUT2D eigenvalue weighted by molar-refractivity contribution is -0.132. The van der Waals surface area contributed by atoms with E-state index in [1.165, 1.54) is 5.56 Å². The first kappa shape index (κ1) is 22.9. The molecule has 1 heterocycles. The van der Waals surface area contributed by atoms with Crippen LogP contribution in [0.25, 0.3) is 0 Å². The summed E-state index contributed by atoms with van der Waals surface area (Å²) in [6.07, 6.45) is 0. The largest absolute Gasteiger partial charge is 0.496 e. The van der Waals surface area contributed by atoms with E-state index < -0.39 is 0 Å². The van der Waals surface area contributed by atoms with Gasteiger partial charge in [0, 0.05) is 51.9 Å². The molecule has 0 N–H and O–H groups in total. The summed E-state index contributed by atoms with van der Waals surface area (Å²) in [4.78, 5) is 19.1. The first-order valence-electron chi connectivity index (χ1n) is 10.6. The molecule has 1 aliphatic rings. The van der Waals surface area contributed by atoms with Crippen molar-refractivity contribution in [3.63, 3.8) is 0 Å². The van der Waals surface area contributed by atoms with Gasteiger partial charge in [0.15, 0.2) is 11.5 Å². The van der Waals surface area contributed by atoms with E-state index in [2.05, 4.69) is 15.9 Å². The second kappa shape index (κ2) is 11.0. The number of hydrogen-bond acceptors (Lipinski definition) is 6. The van der Waals surface area contributed by atoms with Crippen LogP contribution in [0.3, 0.4) is 0 Å². The molecule has 0 bridgehead atoms. The first-order valence-corrected chi connectivity index (χ1v) is 10.6. The number of likely N-dealkylation sites (N-methyl/N-ethyl adjacent to an activating group) is 1. The molecule has 2 aromatic rings. The molecule has 0 unspecified atom stereocenters. The van der Waals surface area contributed by atoms with Gasteiger partial charge in [-0.3, -0.25) is 14.6 Å². The fraction of sp³-hybridized carbons (Fsp3) is 0.458. The van der Waals surface area contributed by atoms with Crippen molar-refractivity contribution in [2.45, 2.75) is 13.1 Å². The van der Waals surface area contributed by atoms with Crippen molar-refractivity contribution in [3.05, 3.63) is 53.6 Å². The molecule has 1 saturated heterocycles. The van der Waals surface area contributed by atoms with E-state index in [4.69, 9.17) is 14.2 Å². The van der Waals surface area contributed by atoms with E-state index in [1.54, 1.807) is 26.2 Å². The summed E-state index contributed by atoms with van der Waals surface area (Å²) < 4.78 is 16.1. The van der Waals surface area contributed by atoms with E-state index >= 15 is 0 Å². The van der Waals surface area contributed by atoms with Crippen molar-refractivity contribution >= 4 is 5.91 Å². The molecule has 0 spiro atoms. The second-order valence-corrected chi connectivity index (χ2v) is 7.80. The Kier molecular flexibility index (Phi) is 8.14. The predicted octanol–water partition coefficient (Wildman–Crippen LogP) is 2.49. The highest BCUT2D eigenvalue weighted by molar-refractivity contribution is 5.78. The molecule has 31 heavy (non-hydrogen) atoms. The smallest absolute Gasteiger partial charge is 0.236 e. The molecule has 1 fully saturated rings. The Morgan fingerprint density at radius 3 is 2.19 bits per heavy atom. The molecule has 0 aromatic heterocycles. The third kappa shape index (κ3) is 6.12. The molecular formula is C24H33N3O4. The van der Waals surface area contributed by atoms with Crippen LogP contribution in [0.5, 0.6) is 17.2 Å². The van der Waals surface area contributed by atoms with Crippen LogP contribution in [0.1, 0.15) is 11.1 Å². The number of hydrogen-bond donors (Lipinski definition) is 0. The first-order chi connectivity index (χ1) is 15.0. The van der Waals surface area contributed by atoms with Crippen LogP contribution in [0, 0.1) is 0 Å². The average Bonchev–Trinajstić information content (AvgIpc) is 2.80. The molecular weight excluding hydrogens is 394 g/mol. The predicted molar refractivity (Wildman–Crippen MR) is 121 cm³/mol. The minimum absolute atomic E-state index is 0.124. The highest BCUT2D eigenvalue weighted by Crippen LogP contribution is 2.28. The highest BCUT2D eigenvalue weighted by Gasteiger charge is 2.21. The number of amides is 1. The Morgan fingerprint density at radius 2 is 1.52 bits per heavy atom. The number of benzene rings is 2. The second-order valence-electron chi connectivity index (χ2n) is 7.80. The lowest BCUT2D eigenvalue weighted by atomic mass is 10.1. The molecule has 7 nitrogen and oxygen atoms in total. The zero-order valence-corrected chi connectivity index (χ0v) is 19.0. The van der Waals surface area contributed by atoms with Crippen molar-refractivity contribution in [1.82, 2.24) is 14.7 Å². The van der Waals surface area contributed by atoms with E-state index in [9.17, 15) is 4.79 Å². The minimum Gasteiger partial charge on any atom is -0.496 e. The van der Waals surface area contributed by atoms with Crippen molar-refractivity contribution in [2.24, 2.45) is 0 Å². The quantitative estimate of drug-likeness (QED) is 0.613. The van der Waals surface area contributed by atoms with E-state index in [0.29, 0.717) is 13.1 Å². The topological polar surface area (TPSA) is 54.5 Å². The van der Waals surface area contributed by atoms with Gasteiger partial charge in [0.25, 0.3) is 0 Å². The molecule has 3 rings (SSSR count). The highest BCUT2D eigenvalue weighted by atomic mass is 16.5. The number of rotatable bonds is 9. The van der Waals surface area contributed by atoms with Gasteiger partial charge in [0.2, 0.25) is 5.91 Å². The molecule has 7 heteroatoms. The Bertz CT molecular complexity index is 866. The molecule has 0 radical (unpaired) electrons. The van der Waals surface area contributed by atoms with Crippen LogP contribution in [0.15, 0.2) is 42.5 Å². The van der Waals surface area contributed by atoms with Crippen LogP contribution < -0.4 is 14.2 Å². The van der Waals surface area contributed by atoms with E-state index in [-0.39, 0.29) is 5.91 Å². The van der Waals surface area contributed by atoms with Crippen LogP contribution in [-0.4, -0.2) is 81.7 Å². The summed E-state index contributed by atoms with van der Waals surface area (Å²) in [5.41, 5.74) is 2.21. The normalized spacial score (nSPS) is 14.8. The molecule has 1 amide bonds. The number of carbonyl (C=O) groups excluding carboxylic acids is 1. The number of para-hydroxylation sites is 1. The van der Waals surface area contributed by atoms with Crippen molar-refractivity contribution < 1.29 is 19.0 Å². The summed E-state index contributed by atoms with van der Waals surface area (Å²) in [5.74, 6) is 2.43. The molecule has 0 atom stereocenters. The van der Waals surface area contributed by atoms with Gasteiger partial charge in [0.05, 0.1) is 27.9 Å². The summed E-state index contributed by atoms with van der Waals surface area (Å²) in [6, 6.07) is 13.9. The maximum Gasteiger partial charge on any atom is 0.236 e. The fourth-order valence-corrected chi connectivity index (χ4v) is 3.83. The van der Waals surface area contributed by atoms with Gasteiger partial charge in [-0.1, -0.05) is 24.3 Å². The Morgan fingerprint density at radius 1 is 0.871 bits per heavy atom. The van der Waals surface area contributed by atoms with E-state index in [0.717, 1.165) is 55.5 Å². The monoisotopic (exact) mass is 427 g/mol. The van der Waals surface area contributed by atoms with Gasteiger partial charge in [-0.05, 0) is 23.8 Å². The Labute approximate surface area is 185 Å². The number of nitrogens with zero attached hydrogens (tertiary/aromatic N) is 3. The SMILES string of the molecule is COc1ccccc1CN(C)C(=O)CN1CCN(Cc2ccc(OC)c(OC)c2)CC1. The Balaban J connectivity index is 1.47. The van der Waals surface area contributed by atoms with Crippen LogP contribution in [0.4, 0.5) is 0 Å². The summed E-state index contributed by atoms with van der Waals surface area (Å²) in [5, 5.41) is 0. The van der Waals surface area contributed by atoms with Gasteiger partial charge in [-0.25, -0.2) is 0 Å². The van der Waals surface area contributed by atoms with Gasteiger partial charge in [0.1, 0.15) is 5.75 Å². The summed E-state index contributed by atoms with van der Waals surface area (Å²) in [6.45, 7) is 5.45. The summed E-state index contributed by atoms with van der Waals surface area (Å²) in [7, 11) is 6.80. The zero-order valence-electron chi connectivity index (χ0n) is 19.0. The Hall–Kier alpha value is -2.77. The third-order valence-electron chi connectivity index (χ3n) is 5.70. The number of piperazine rings is 1. The fourth-order valence-electron chi connectivity index (χ4n) is 3.83. The maximum atomic E-state index is 12.7. The maximum absolute atomic E-state index is 12.7. The number of carbonyl (C=O) groups is 1. The van der Waals surface area contributed by atoms with E-state index in [1.807, 2.05) is 43.4 Å². The number of methoxy groups -OCH3 is 3. The van der Waals surface area contributed by atoms with Gasteiger partial charge < -0.3 is 19.1 Å². The molecule has 0 saturated carbocycles. The van der Waals surface area contributed by atoms with Crippen molar-refractivity contribution in [2.75, 3.05) is 61.1 Å². The molecule has 2 aromatic carbocycles. The lowest BCUT2D eigenvalue weighted by Gasteiger charge is -2.35. The van der Waals surface area contributed by atoms with Crippen molar-refractivity contribution in [1.29, 1.82) is 0 Å². The van der Waals surface area contributed by atoms with Gasteiger partial charge in [-0.2, -0.15) is 0 Å². The zero-order chi connectivity index (χ0) is 22.2. The molecule has 168 valence electrons. The minimum atomic E-state index is 0.124. The third-order valence-corrected chi connectivity index (χ3v) is 5.70. The van der Waals surface area contributed by atoms with Crippen LogP contribution >= 0.6 is 0 Å².